The predicted molar refractivity (Wildman–Crippen MR) is 81.9 cm³/mol. The van der Waals surface area contributed by atoms with E-state index >= 15 is 0 Å². The summed E-state index contributed by atoms with van der Waals surface area (Å²) in [5.74, 6) is 1.87. The third-order valence-corrected chi connectivity index (χ3v) is 4.38. The molecule has 1 rings (SSSR count). The fourth-order valence-electron chi connectivity index (χ4n) is 2.32. The van der Waals surface area contributed by atoms with Crippen LogP contribution in [0.3, 0.4) is 0 Å². The van der Waals surface area contributed by atoms with E-state index in [2.05, 4.69) is 4.90 Å². The summed E-state index contributed by atoms with van der Waals surface area (Å²) < 4.78 is 4.87. The molecule has 0 bridgehead atoms. The average Bonchev–Trinajstić information content (AvgIpc) is 2.61. The molecule has 0 aromatic heterocycles. The number of carbonyl (C=O) groups is 2. The molecule has 20 heavy (non-hydrogen) atoms. The van der Waals surface area contributed by atoms with Crippen molar-refractivity contribution in [3.05, 3.63) is 0 Å². The van der Waals surface area contributed by atoms with E-state index in [0.29, 0.717) is 6.61 Å². The lowest BCUT2D eigenvalue weighted by atomic mass is 10.2. The maximum atomic E-state index is 12.3. The molecule has 6 heteroatoms. The number of nitrogens with zero attached hydrogens (tertiary/aromatic N) is 2. The molecule has 116 valence electrons. The van der Waals surface area contributed by atoms with Gasteiger partial charge in [-0.1, -0.05) is 0 Å². The maximum Gasteiger partial charge on any atom is 0.306 e. The molecule has 0 radical (unpaired) electrons. The van der Waals surface area contributed by atoms with Crippen molar-refractivity contribution in [3.8, 4) is 0 Å². The van der Waals surface area contributed by atoms with Crippen molar-refractivity contribution in [3.63, 3.8) is 0 Å². The van der Waals surface area contributed by atoms with Crippen LogP contribution in [0.4, 0.5) is 0 Å². The van der Waals surface area contributed by atoms with Crippen LogP contribution in [-0.4, -0.2) is 73.0 Å². The van der Waals surface area contributed by atoms with E-state index in [1.165, 1.54) is 0 Å². The van der Waals surface area contributed by atoms with Gasteiger partial charge in [-0.2, -0.15) is 11.8 Å². The van der Waals surface area contributed by atoms with Gasteiger partial charge in [0.05, 0.1) is 19.1 Å². The van der Waals surface area contributed by atoms with Crippen LogP contribution >= 0.6 is 11.8 Å². The van der Waals surface area contributed by atoms with Crippen molar-refractivity contribution >= 4 is 23.6 Å². The quantitative estimate of drug-likeness (QED) is 0.691. The molecule has 5 nitrogen and oxygen atoms in total. The van der Waals surface area contributed by atoms with Gasteiger partial charge in [0.25, 0.3) is 0 Å². The van der Waals surface area contributed by atoms with Crippen LogP contribution in [0.5, 0.6) is 0 Å². The molecule has 1 saturated heterocycles. The number of carbonyl (C=O) groups excluding carboxylic acids is 2. The summed E-state index contributed by atoms with van der Waals surface area (Å²) in [6.07, 6.45) is 1.47. The van der Waals surface area contributed by atoms with Crippen molar-refractivity contribution in [2.24, 2.45) is 0 Å². The monoisotopic (exact) mass is 302 g/mol. The molecule has 1 amide bonds. The van der Waals surface area contributed by atoms with Crippen molar-refractivity contribution in [2.75, 3.05) is 45.3 Å². The summed E-state index contributed by atoms with van der Waals surface area (Å²) >= 11 is 1.91. The van der Waals surface area contributed by atoms with Gasteiger partial charge in [0.15, 0.2) is 0 Å². The summed E-state index contributed by atoms with van der Waals surface area (Å²) in [6.45, 7) is 3.82. The molecule has 0 aliphatic carbocycles. The van der Waals surface area contributed by atoms with Crippen LogP contribution in [0.25, 0.3) is 0 Å². The van der Waals surface area contributed by atoms with E-state index in [1.54, 1.807) is 6.92 Å². The number of likely N-dealkylation sites (N-methyl/N-ethyl adjacent to an activating group) is 1. The molecule has 0 N–H and O–H groups in total. The number of hydrogen-bond acceptors (Lipinski definition) is 5. The van der Waals surface area contributed by atoms with E-state index < -0.39 is 0 Å². The van der Waals surface area contributed by atoms with Gasteiger partial charge in [-0.3, -0.25) is 9.59 Å². The molecule has 1 fully saturated rings. The standard InChI is InChI=1S/C14H26N2O3S/c1-4-19-14(18)7-6-13(17)16-8-5-9-20-11-12(16)10-15(2)3/h12H,4-11H2,1-3H3. The van der Waals surface area contributed by atoms with E-state index in [1.807, 2.05) is 30.8 Å². The summed E-state index contributed by atoms with van der Waals surface area (Å²) in [4.78, 5) is 27.8. The van der Waals surface area contributed by atoms with E-state index in [0.717, 1.165) is 31.0 Å². The normalized spacial score (nSPS) is 19.8. The van der Waals surface area contributed by atoms with Crippen LogP contribution in [0.15, 0.2) is 0 Å². The highest BCUT2D eigenvalue weighted by Gasteiger charge is 2.26. The van der Waals surface area contributed by atoms with Gasteiger partial charge in [0.1, 0.15) is 0 Å². The Morgan fingerprint density at radius 2 is 2.10 bits per heavy atom. The third kappa shape index (κ3) is 6.13. The Labute approximate surface area is 126 Å². The summed E-state index contributed by atoms with van der Waals surface area (Å²) in [7, 11) is 4.05. The van der Waals surface area contributed by atoms with Gasteiger partial charge in [0.2, 0.25) is 5.91 Å². The highest BCUT2D eigenvalue weighted by atomic mass is 32.2. The zero-order valence-electron chi connectivity index (χ0n) is 12.8. The number of amides is 1. The summed E-state index contributed by atoms with van der Waals surface area (Å²) in [5, 5.41) is 0. The highest BCUT2D eigenvalue weighted by Crippen LogP contribution is 2.18. The van der Waals surface area contributed by atoms with Gasteiger partial charge in [0, 0.05) is 25.3 Å². The fourth-order valence-corrected chi connectivity index (χ4v) is 3.37. The smallest absolute Gasteiger partial charge is 0.306 e. The Balaban J connectivity index is 2.53. The minimum absolute atomic E-state index is 0.0763. The SMILES string of the molecule is CCOC(=O)CCC(=O)N1CCCSCC1CN(C)C. The van der Waals surface area contributed by atoms with Crippen LogP contribution in [0, 0.1) is 0 Å². The summed E-state index contributed by atoms with van der Waals surface area (Å²) in [5.41, 5.74) is 0. The molecule has 0 aromatic rings. The van der Waals surface area contributed by atoms with Crippen LogP contribution in [0.2, 0.25) is 0 Å². The first kappa shape index (κ1) is 17.3. The first-order valence-electron chi connectivity index (χ1n) is 7.22. The minimum Gasteiger partial charge on any atom is -0.466 e. The van der Waals surface area contributed by atoms with Crippen LogP contribution in [0.1, 0.15) is 26.2 Å². The van der Waals surface area contributed by atoms with Crippen molar-refractivity contribution in [1.82, 2.24) is 9.80 Å². The maximum absolute atomic E-state index is 12.3. The molecular formula is C14H26N2O3S. The Morgan fingerprint density at radius 3 is 2.75 bits per heavy atom. The van der Waals surface area contributed by atoms with E-state index in [-0.39, 0.29) is 30.8 Å². The van der Waals surface area contributed by atoms with Gasteiger partial charge < -0.3 is 14.5 Å². The zero-order valence-corrected chi connectivity index (χ0v) is 13.6. The van der Waals surface area contributed by atoms with Gasteiger partial charge in [-0.25, -0.2) is 0 Å². The molecular weight excluding hydrogens is 276 g/mol. The van der Waals surface area contributed by atoms with Crippen molar-refractivity contribution in [2.45, 2.75) is 32.2 Å². The lowest BCUT2D eigenvalue weighted by molar-refractivity contribution is -0.146. The Bertz CT molecular complexity index is 324. The number of hydrogen-bond donors (Lipinski definition) is 0. The van der Waals surface area contributed by atoms with Gasteiger partial charge in [-0.05, 0) is 33.2 Å². The predicted octanol–water partition coefficient (Wildman–Crippen LogP) is 1.23. The largest absolute Gasteiger partial charge is 0.466 e. The van der Waals surface area contributed by atoms with Crippen molar-refractivity contribution < 1.29 is 14.3 Å². The topological polar surface area (TPSA) is 49.9 Å². The van der Waals surface area contributed by atoms with Crippen molar-refractivity contribution in [1.29, 1.82) is 0 Å². The first-order chi connectivity index (χ1) is 9.54. The second kappa shape index (κ2) is 9.23. The highest BCUT2D eigenvalue weighted by molar-refractivity contribution is 7.99. The Kier molecular flexibility index (Phi) is 7.99. The number of esters is 1. The van der Waals surface area contributed by atoms with Crippen LogP contribution in [-0.2, 0) is 14.3 Å². The number of rotatable bonds is 6. The molecule has 1 heterocycles. The second-order valence-electron chi connectivity index (χ2n) is 5.24. The zero-order chi connectivity index (χ0) is 15.0. The molecule has 1 atom stereocenters. The lowest BCUT2D eigenvalue weighted by Gasteiger charge is -2.31. The average molecular weight is 302 g/mol. The molecule has 0 saturated carbocycles. The molecule has 1 unspecified atom stereocenters. The molecule has 0 spiro atoms. The van der Waals surface area contributed by atoms with Gasteiger partial charge in [-0.15, -0.1) is 0 Å². The number of thioether (sulfide) groups is 1. The third-order valence-electron chi connectivity index (χ3n) is 3.18. The molecule has 1 aliphatic rings. The fraction of sp³-hybridized carbons (Fsp3) is 0.857. The second-order valence-corrected chi connectivity index (χ2v) is 6.39. The summed E-state index contributed by atoms with van der Waals surface area (Å²) in [6, 6.07) is 0.243. The minimum atomic E-state index is -0.283. The lowest BCUT2D eigenvalue weighted by Crippen LogP contribution is -2.46. The van der Waals surface area contributed by atoms with E-state index in [9.17, 15) is 9.59 Å². The molecule has 0 aromatic carbocycles. The van der Waals surface area contributed by atoms with E-state index in [4.69, 9.17) is 4.74 Å². The number of ether oxygens (including phenoxy) is 1. The molecule has 1 aliphatic heterocycles. The van der Waals surface area contributed by atoms with Crippen LogP contribution < -0.4 is 0 Å². The van der Waals surface area contributed by atoms with Gasteiger partial charge >= 0.3 is 5.97 Å². The Morgan fingerprint density at radius 1 is 1.35 bits per heavy atom. The Hall–Kier alpha value is -0.750. The first-order valence-corrected chi connectivity index (χ1v) is 8.37.